The molecule has 1 heterocycles. The molecule has 0 atom stereocenters. The van der Waals surface area contributed by atoms with Crippen molar-refractivity contribution in [3.63, 3.8) is 0 Å². The highest BCUT2D eigenvalue weighted by molar-refractivity contribution is 9.10. The van der Waals surface area contributed by atoms with E-state index in [1.54, 1.807) is 7.05 Å². The van der Waals surface area contributed by atoms with Crippen LogP contribution in [-0.4, -0.2) is 26.5 Å². The first-order valence-corrected chi connectivity index (χ1v) is 7.13. The fraction of sp³-hybridized carbons (Fsp3) is 0.250. The van der Waals surface area contributed by atoms with Gasteiger partial charge in [-0.3, -0.25) is 4.79 Å². The molecule has 1 aromatic heterocycles. The van der Waals surface area contributed by atoms with Crippen molar-refractivity contribution >= 4 is 33.5 Å². The first-order chi connectivity index (χ1) is 8.58. The van der Waals surface area contributed by atoms with Crippen LogP contribution >= 0.6 is 27.7 Å². The summed E-state index contributed by atoms with van der Waals surface area (Å²) < 4.78 is 1.99. The van der Waals surface area contributed by atoms with Gasteiger partial charge >= 0.3 is 0 Å². The van der Waals surface area contributed by atoms with Crippen LogP contribution in [0.4, 0.5) is 0 Å². The number of thioether (sulfide) groups is 1. The van der Waals surface area contributed by atoms with Crippen LogP contribution in [0.1, 0.15) is 16.1 Å². The number of Topliss-reactive ketones (excluding diaryl/α,β-unsaturated/α-hetero) is 1. The number of aromatic nitrogens is 3. The molecule has 18 heavy (non-hydrogen) atoms. The predicted molar refractivity (Wildman–Crippen MR) is 74.9 cm³/mol. The second-order valence-electron chi connectivity index (χ2n) is 3.88. The average molecular weight is 326 g/mol. The van der Waals surface area contributed by atoms with Gasteiger partial charge in [0.15, 0.2) is 10.4 Å². The lowest BCUT2D eigenvalue weighted by Gasteiger charge is -2.02. The third-order valence-corrected chi connectivity index (χ3v) is 3.99. The van der Waals surface area contributed by atoms with E-state index in [0.717, 1.165) is 4.90 Å². The van der Waals surface area contributed by atoms with Crippen molar-refractivity contribution in [3.05, 3.63) is 40.1 Å². The molecule has 6 heteroatoms. The molecule has 0 N–H and O–H groups in total. The van der Waals surface area contributed by atoms with E-state index in [-0.39, 0.29) is 5.78 Å². The van der Waals surface area contributed by atoms with Gasteiger partial charge in [0.2, 0.25) is 0 Å². The second-order valence-corrected chi connectivity index (χ2v) is 5.68. The normalized spacial score (nSPS) is 10.6. The summed E-state index contributed by atoms with van der Waals surface area (Å²) in [6.45, 7) is 2.04. The molecule has 0 fully saturated rings. The predicted octanol–water partition coefficient (Wildman–Crippen LogP) is 2.86. The lowest BCUT2D eigenvalue weighted by molar-refractivity contribution is 0.101. The fourth-order valence-electron chi connectivity index (χ4n) is 1.48. The molecule has 0 saturated carbocycles. The minimum atomic E-state index is 0.0138. The molecule has 0 radical (unpaired) electrons. The Balaban J connectivity index is 2.03. The highest BCUT2D eigenvalue weighted by Gasteiger charge is 2.16. The highest BCUT2D eigenvalue weighted by atomic mass is 79.9. The van der Waals surface area contributed by atoms with Gasteiger partial charge in [-0.2, -0.15) is 0 Å². The van der Waals surface area contributed by atoms with Gasteiger partial charge in [-0.1, -0.05) is 22.9 Å². The van der Waals surface area contributed by atoms with Crippen LogP contribution in [0.2, 0.25) is 0 Å². The van der Waals surface area contributed by atoms with E-state index in [1.165, 1.54) is 22.0 Å². The van der Waals surface area contributed by atoms with Crippen molar-refractivity contribution < 1.29 is 4.79 Å². The maximum atomic E-state index is 12.0. The Morgan fingerprint density at radius 3 is 2.61 bits per heavy atom. The number of hydrogen-bond donors (Lipinski definition) is 0. The van der Waals surface area contributed by atoms with Gasteiger partial charge in [0.25, 0.3) is 0 Å². The smallest absolute Gasteiger partial charge is 0.193 e. The van der Waals surface area contributed by atoms with E-state index >= 15 is 0 Å². The Labute approximate surface area is 118 Å². The molecule has 0 amide bonds. The number of carbonyl (C=O) groups is 1. The largest absolute Gasteiger partial charge is 0.291 e. The Morgan fingerprint density at radius 1 is 1.39 bits per heavy atom. The molecule has 1 aromatic carbocycles. The van der Waals surface area contributed by atoms with Crippen molar-refractivity contribution in [2.75, 3.05) is 5.75 Å². The molecule has 0 saturated heterocycles. The van der Waals surface area contributed by atoms with E-state index in [0.29, 0.717) is 16.0 Å². The topological polar surface area (TPSA) is 47.8 Å². The molecule has 4 nitrogen and oxygen atoms in total. The minimum absolute atomic E-state index is 0.0138. The molecule has 0 aliphatic rings. The van der Waals surface area contributed by atoms with E-state index < -0.39 is 0 Å². The molecule has 0 bridgehead atoms. The summed E-state index contributed by atoms with van der Waals surface area (Å²) in [6, 6.07) is 8.11. The Kier molecular flexibility index (Phi) is 4.19. The summed E-state index contributed by atoms with van der Waals surface area (Å²) in [7, 11) is 1.71. The standard InChI is InChI=1S/C12H12BrN3OS/c1-8-3-5-9(6-4-8)18-7-10(17)11-12(13)14-15-16(11)2/h3-6H,7H2,1-2H3. The maximum absolute atomic E-state index is 12.0. The SMILES string of the molecule is Cc1ccc(SCC(=O)c2c(Br)nnn2C)cc1. The number of benzene rings is 1. The zero-order valence-corrected chi connectivity index (χ0v) is 12.5. The Morgan fingerprint density at radius 2 is 2.06 bits per heavy atom. The van der Waals surface area contributed by atoms with Crippen molar-refractivity contribution in [2.24, 2.45) is 7.05 Å². The summed E-state index contributed by atoms with van der Waals surface area (Å²) in [6.07, 6.45) is 0. The number of nitrogens with zero attached hydrogens (tertiary/aromatic N) is 3. The van der Waals surface area contributed by atoms with Crippen molar-refractivity contribution in [3.8, 4) is 0 Å². The minimum Gasteiger partial charge on any atom is -0.291 e. The van der Waals surface area contributed by atoms with Crippen LogP contribution in [-0.2, 0) is 7.05 Å². The van der Waals surface area contributed by atoms with E-state index in [2.05, 4.69) is 26.2 Å². The molecule has 2 aromatic rings. The molecule has 0 unspecified atom stereocenters. The summed E-state index contributed by atoms with van der Waals surface area (Å²) in [5.41, 5.74) is 1.72. The van der Waals surface area contributed by atoms with Gasteiger partial charge in [-0.15, -0.1) is 16.9 Å². The molecule has 94 valence electrons. The first kappa shape index (κ1) is 13.3. The average Bonchev–Trinajstić information content (AvgIpc) is 2.68. The first-order valence-electron chi connectivity index (χ1n) is 5.36. The molecule has 0 aliphatic carbocycles. The molecular formula is C12H12BrN3OS. The lowest BCUT2D eigenvalue weighted by atomic mass is 10.2. The van der Waals surface area contributed by atoms with Gasteiger partial charge < -0.3 is 0 Å². The van der Waals surface area contributed by atoms with E-state index in [9.17, 15) is 4.79 Å². The zero-order valence-electron chi connectivity index (χ0n) is 10.1. The Bertz CT molecular complexity index is 546. The summed E-state index contributed by atoms with van der Waals surface area (Å²) in [5, 5.41) is 7.60. The van der Waals surface area contributed by atoms with Crippen LogP contribution in [0.5, 0.6) is 0 Å². The van der Waals surface area contributed by atoms with Crippen LogP contribution in [0.15, 0.2) is 33.8 Å². The van der Waals surface area contributed by atoms with Gasteiger partial charge in [-0.05, 0) is 35.0 Å². The van der Waals surface area contributed by atoms with Crippen molar-refractivity contribution in [2.45, 2.75) is 11.8 Å². The van der Waals surface area contributed by atoms with Crippen LogP contribution in [0.3, 0.4) is 0 Å². The van der Waals surface area contributed by atoms with E-state index in [4.69, 9.17) is 0 Å². The number of aryl methyl sites for hydroxylation is 2. The third kappa shape index (κ3) is 3.00. The maximum Gasteiger partial charge on any atom is 0.193 e. The van der Waals surface area contributed by atoms with Crippen molar-refractivity contribution in [1.29, 1.82) is 0 Å². The highest BCUT2D eigenvalue weighted by Crippen LogP contribution is 2.21. The van der Waals surface area contributed by atoms with Gasteiger partial charge in [-0.25, -0.2) is 4.68 Å². The molecule has 0 aliphatic heterocycles. The Hall–Kier alpha value is -1.14. The fourth-order valence-corrected chi connectivity index (χ4v) is 2.79. The molecule has 0 spiro atoms. The van der Waals surface area contributed by atoms with Crippen LogP contribution < -0.4 is 0 Å². The summed E-state index contributed by atoms with van der Waals surface area (Å²) >= 11 is 4.74. The lowest BCUT2D eigenvalue weighted by Crippen LogP contribution is -2.09. The van der Waals surface area contributed by atoms with Crippen LogP contribution in [0, 0.1) is 6.92 Å². The monoisotopic (exact) mass is 325 g/mol. The van der Waals surface area contributed by atoms with Gasteiger partial charge in [0.05, 0.1) is 5.75 Å². The quantitative estimate of drug-likeness (QED) is 0.640. The zero-order chi connectivity index (χ0) is 13.1. The number of rotatable bonds is 4. The number of halogens is 1. The third-order valence-electron chi connectivity index (χ3n) is 2.44. The number of hydrogen-bond acceptors (Lipinski definition) is 4. The van der Waals surface area contributed by atoms with Gasteiger partial charge in [0, 0.05) is 11.9 Å². The van der Waals surface area contributed by atoms with Gasteiger partial charge in [0.1, 0.15) is 5.69 Å². The van der Waals surface area contributed by atoms with E-state index in [1.807, 2.05) is 31.2 Å². The number of carbonyl (C=O) groups excluding carboxylic acids is 1. The summed E-state index contributed by atoms with van der Waals surface area (Å²) in [4.78, 5) is 13.1. The van der Waals surface area contributed by atoms with Crippen LogP contribution in [0.25, 0.3) is 0 Å². The summed E-state index contributed by atoms with van der Waals surface area (Å²) in [5.74, 6) is 0.392. The molecular weight excluding hydrogens is 314 g/mol. The van der Waals surface area contributed by atoms with Crippen molar-refractivity contribution in [1.82, 2.24) is 15.0 Å². The number of ketones is 1. The second kappa shape index (κ2) is 5.67. The molecule has 2 rings (SSSR count).